The molecule has 2 heterocycles. The first-order chi connectivity index (χ1) is 9.96. The van der Waals surface area contributed by atoms with Gasteiger partial charge in [0.2, 0.25) is 0 Å². The summed E-state index contributed by atoms with van der Waals surface area (Å²) in [7, 11) is 0. The molecule has 2 rings (SSSR count). The molecule has 116 valence electrons. The van der Waals surface area contributed by atoms with Crippen LogP contribution in [0, 0.1) is 0 Å². The summed E-state index contributed by atoms with van der Waals surface area (Å²) in [5.74, 6) is 1.04. The fourth-order valence-corrected chi connectivity index (χ4v) is 2.84. The highest BCUT2D eigenvalue weighted by molar-refractivity contribution is 7.09. The summed E-state index contributed by atoms with van der Waals surface area (Å²) in [5.41, 5.74) is 1.35. The highest BCUT2D eigenvalue weighted by Crippen LogP contribution is 2.16. The van der Waals surface area contributed by atoms with Crippen LogP contribution in [0.25, 0.3) is 0 Å². The normalized spacial score (nSPS) is 12.2. The zero-order valence-electron chi connectivity index (χ0n) is 13.5. The molecule has 0 spiro atoms. The number of hydrogen-bond acceptors (Lipinski definition) is 4. The molecule has 2 aromatic rings. The highest BCUT2D eigenvalue weighted by atomic mass is 32.1. The average Bonchev–Trinajstić information content (AvgIpc) is 3.06. The summed E-state index contributed by atoms with van der Waals surface area (Å²) in [6.45, 7) is 12.4. The lowest BCUT2D eigenvalue weighted by atomic mass is 10.1. The van der Waals surface area contributed by atoms with Crippen LogP contribution in [0.4, 0.5) is 0 Å². The minimum Gasteiger partial charge on any atom is -0.468 e. The third kappa shape index (κ3) is 5.65. The second-order valence-corrected chi connectivity index (χ2v) is 7.44. The van der Waals surface area contributed by atoms with Crippen molar-refractivity contribution in [2.45, 2.75) is 52.9 Å². The molecule has 0 aliphatic rings. The minimum atomic E-state index is 0.131. The Kier molecular flexibility index (Phi) is 5.62. The predicted molar refractivity (Wildman–Crippen MR) is 89.4 cm³/mol. The van der Waals surface area contributed by atoms with Crippen LogP contribution in [0.2, 0.25) is 0 Å². The van der Waals surface area contributed by atoms with E-state index in [2.05, 4.69) is 61.5 Å². The molecule has 0 bridgehead atoms. The number of nitrogens with one attached hydrogen (secondary N) is 1. The van der Waals surface area contributed by atoms with E-state index in [0.717, 1.165) is 31.9 Å². The zero-order valence-corrected chi connectivity index (χ0v) is 14.3. The van der Waals surface area contributed by atoms with Crippen molar-refractivity contribution in [3.05, 3.63) is 46.0 Å². The second-order valence-electron chi connectivity index (χ2n) is 6.41. The molecule has 4 heteroatoms. The molecule has 0 aromatic carbocycles. The van der Waals surface area contributed by atoms with Crippen molar-refractivity contribution in [1.29, 1.82) is 0 Å². The first-order valence-electron chi connectivity index (χ1n) is 7.52. The predicted octanol–water partition coefficient (Wildman–Crippen LogP) is 4.25. The van der Waals surface area contributed by atoms with E-state index in [1.54, 1.807) is 0 Å². The van der Waals surface area contributed by atoms with Gasteiger partial charge in [-0.15, -0.1) is 11.3 Å². The molecule has 0 unspecified atom stereocenters. The third-order valence-corrected chi connectivity index (χ3v) is 4.18. The first-order valence-corrected chi connectivity index (χ1v) is 8.40. The van der Waals surface area contributed by atoms with E-state index in [1.165, 1.54) is 10.4 Å². The van der Waals surface area contributed by atoms with Crippen molar-refractivity contribution < 1.29 is 4.42 Å². The second kappa shape index (κ2) is 7.25. The van der Waals surface area contributed by atoms with Crippen LogP contribution < -0.4 is 5.32 Å². The molecule has 1 N–H and O–H groups in total. The maximum atomic E-state index is 5.70. The molecule has 0 atom stereocenters. The largest absolute Gasteiger partial charge is 0.468 e. The molecular formula is C17H26N2OS. The monoisotopic (exact) mass is 306 g/mol. The fourth-order valence-electron chi connectivity index (χ4n) is 2.09. The van der Waals surface area contributed by atoms with Crippen molar-refractivity contribution >= 4 is 11.3 Å². The summed E-state index contributed by atoms with van der Waals surface area (Å²) in [6.07, 6.45) is 1.87. The Bertz CT molecular complexity index is 525. The van der Waals surface area contributed by atoms with Crippen LogP contribution in [0.1, 0.15) is 43.9 Å². The number of furan rings is 1. The van der Waals surface area contributed by atoms with E-state index in [4.69, 9.17) is 4.42 Å². The summed E-state index contributed by atoms with van der Waals surface area (Å²) in [6, 6.07) is 6.46. The van der Waals surface area contributed by atoms with Gasteiger partial charge in [-0.25, -0.2) is 0 Å². The van der Waals surface area contributed by atoms with E-state index in [-0.39, 0.29) is 5.54 Å². The van der Waals surface area contributed by atoms with Crippen molar-refractivity contribution in [2.75, 3.05) is 6.54 Å². The van der Waals surface area contributed by atoms with Crippen LogP contribution in [-0.2, 0) is 19.6 Å². The number of hydrogen-bond donors (Lipinski definition) is 1. The topological polar surface area (TPSA) is 28.4 Å². The molecule has 0 aliphatic carbocycles. The van der Waals surface area contributed by atoms with E-state index in [0.29, 0.717) is 0 Å². The third-order valence-electron chi connectivity index (χ3n) is 3.32. The van der Waals surface area contributed by atoms with Crippen LogP contribution in [0.5, 0.6) is 0 Å². The summed E-state index contributed by atoms with van der Waals surface area (Å²) >= 11 is 1.81. The van der Waals surface area contributed by atoms with E-state index < -0.39 is 0 Å². The smallest absolute Gasteiger partial charge is 0.118 e. The van der Waals surface area contributed by atoms with Gasteiger partial charge in [0.05, 0.1) is 12.8 Å². The van der Waals surface area contributed by atoms with Crippen LogP contribution >= 0.6 is 11.3 Å². The van der Waals surface area contributed by atoms with Crippen LogP contribution in [0.15, 0.2) is 34.3 Å². The summed E-state index contributed by atoms with van der Waals surface area (Å²) in [5, 5.41) is 5.61. The Labute approximate surface area is 132 Å². The van der Waals surface area contributed by atoms with Gasteiger partial charge >= 0.3 is 0 Å². The van der Waals surface area contributed by atoms with Gasteiger partial charge in [0.15, 0.2) is 0 Å². The van der Waals surface area contributed by atoms with Gasteiger partial charge in [-0.05, 0) is 44.8 Å². The van der Waals surface area contributed by atoms with Gasteiger partial charge in [-0.1, -0.05) is 13.0 Å². The van der Waals surface area contributed by atoms with Gasteiger partial charge in [0.25, 0.3) is 0 Å². The highest BCUT2D eigenvalue weighted by Gasteiger charge is 2.12. The zero-order chi connectivity index (χ0) is 15.3. The molecule has 3 nitrogen and oxygen atoms in total. The lowest BCUT2D eigenvalue weighted by Gasteiger charge is -2.19. The quantitative estimate of drug-likeness (QED) is 0.829. The van der Waals surface area contributed by atoms with Gasteiger partial charge in [0.1, 0.15) is 5.76 Å². The lowest BCUT2D eigenvalue weighted by molar-refractivity contribution is 0.250. The van der Waals surface area contributed by atoms with Crippen molar-refractivity contribution in [3.63, 3.8) is 0 Å². The number of thiophene rings is 1. The Morgan fingerprint density at radius 1 is 1.29 bits per heavy atom. The molecule has 21 heavy (non-hydrogen) atoms. The molecule has 0 aliphatic heterocycles. The van der Waals surface area contributed by atoms with E-state index in [1.807, 2.05) is 17.6 Å². The molecule has 0 fully saturated rings. The Morgan fingerprint density at radius 3 is 2.71 bits per heavy atom. The minimum absolute atomic E-state index is 0.131. The van der Waals surface area contributed by atoms with Crippen molar-refractivity contribution in [1.82, 2.24) is 10.2 Å². The SMILES string of the molecule is CCN(Cc1cc(CNC(C)(C)C)co1)Cc1cccs1. The fraction of sp³-hybridized carbons (Fsp3) is 0.529. The Balaban J connectivity index is 1.88. The van der Waals surface area contributed by atoms with Crippen molar-refractivity contribution in [3.8, 4) is 0 Å². The maximum Gasteiger partial charge on any atom is 0.118 e. The van der Waals surface area contributed by atoms with Gasteiger partial charge in [0, 0.05) is 29.1 Å². The standard InChI is InChI=1S/C17H26N2OS/c1-5-19(12-16-7-6-8-21-16)11-15-9-14(13-20-15)10-18-17(2,3)4/h6-9,13,18H,5,10-12H2,1-4H3. The van der Waals surface area contributed by atoms with Gasteiger partial charge in [-0.2, -0.15) is 0 Å². The summed E-state index contributed by atoms with van der Waals surface area (Å²) < 4.78 is 5.70. The number of nitrogens with zero attached hydrogens (tertiary/aromatic N) is 1. The first kappa shape index (κ1) is 16.3. The molecule has 0 amide bonds. The molecule has 0 saturated carbocycles. The summed E-state index contributed by atoms with van der Waals surface area (Å²) in [4.78, 5) is 3.80. The number of rotatable bonds is 7. The lowest BCUT2D eigenvalue weighted by Crippen LogP contribution is -2.34. The Morgan fingerprint density at radius 2 is 2.10 bits per heavy atom. The van der Waals surface area contributed by atoms with E-state index >= 15 is 0 Å². The average molecular weight is 306 g/mol. The molecule has 0 radical (unpaired) electrons. The van der Waals surface area contributed by atoms with Crippen LogP contribution in [0.3, 0.4) is 0 Å². The van der Waals surface area contributed by atoms with Gasteiger partial charge < -0.3 is 9.73 Å². The Hall–Kier alpha value is -1.10. The van der Waals surface area contributed by atoms with Crippen molar-refractivity contribution in [2.24, 2.45) is 0 Å². The van der Waals surface area contributed by atoms with Gasteiger partial charge in [-0.3, -0.25) is 4.90 Å². The maximum absolute atomic E-state index is 5.70. The molecular weight excluding hydrogens is 280 g/mol. The molecule has 0 saturated heterocycles. The molecule has 2 aromatic heterocycles. The van der Waals surface area contributed by atoms with Crippen LogP contribution in [-0.4, -0.2) is 17.0 Å². The van der Waals surface area contributed by atoms with E-state index in [9.17, 15) is 0 Å².